The summed E-state index contributed by atoms with van der Waals surface area (Å²) in [5, 5.41) is 0. The maximum atomic E-state index is 13.6. The first-order chi connectivity index (χ1) is 9.52. The number of hydrogen-bond acceptors (Lipinski definition) is 3. The van der Waals surface area contributed by atoms with Gasteiger partial charge in [-0.2, -0.15) is 4.39 Å². The molecule has 2 heterocycles. The Morgan fingerprint density at radius 3 is 2.75 bits per heavy atom. The van der Waals surface area contributed by atoms with E-state index in [1.165, 1.54) is 22.3 Å². The second-order valence-corrected chi connectivity index (χ2v) is 5.79. The quantitative estimate of drug-likeness (QED) is 0.805. The van der Waals surface area contributed by atoms with Gasteiger partial charge < -0.3 is 4.90 Å². The fourth-order valence-corrected chi connectivity index (χ4v) is 2.81. The van der Waals surface area contributed by atoms with Crippen LogP contribution in [0.3, 0.4) is 0 Å². The highest BCUT2D eigenvalue weighted by Crippen LogP contribution is 2.23. The summed E-state index contributed by atoms with van der Waals surface area (Å²) in [6.45, 7) is 2.44. The van der Waals surface area contributed by atoms with Crippen molar-refractivity contribution in [3.63, 3.8) is 0 Å². The zero-order valence-electron chi connectivity index (χ0n) is 10.6. The Morgan fingerprint density at radius 2 is 2.15 bits per heavy atom. The van der Waals surface area contributed by atoms with Crippen LogP contribution in [-0.2, 0) is 6.54 Å². The van der Waals surface area contributed by atoms with Crippen LogP contribution in [-0.4, -0.2) is 22.3 Å². The average Bonchev–Trinajstić information content (AvgIpc) is 2.84. The van der Waals surface area contributed by atoms with Crippen LogP contribution < -0.4 is 0 Å². The molecule has 2 aromatic rings. The summed E-state index contributed by atoms with van der Waals surface area (Å²) in [4.78, 5) is 17.7. The van der Waals surface area contributed by atoms with Gasteiger partial charge in [0.1, 0.15) is 0 Å². The Bertz CT molecular complexity index is 633. The molecule has 20 heavy (non-hydrogen) atoms. The molecule has 0 aliphatic carbocycles. The lowest BCUT2D eigenvalue weighted by atomic mass is 10.2. The Morgan fingerprint density at radius 1 is 1.40 bits per heavy atom. The van der Waals surface area contributed by atoms with Crippen molar-refractivity contribution in [1.82, 2.24) is 9.88 Å². The third kappa shape index (κ3) is 3.13. The predicted molar refractivity (Wildman–Crippen MR) is 73.9 cm³/mol. The molecule has 0 aliphatic rings. The number of aromatic nitrogens is 1. The van der Waals surface area contributed by atoms with E-state index in [4.69, 9.17) is 11.6 Å². The molecule has 0 aromatic carbocycles. The van der Waals surface area contributed by atoms with Crippen molar-refractivity contribution >= 4 is 28.8 Å². The first-order valence-electron chi connectivity index (χ1n) is 5.86. The number of rotatable bonds is 4. The van der Waals surface area contributed by atoms with E-state index in [9.17, 15) is 13.6 Å². The zero-order valence-corrected chi connectivity index (χ0v) is 12.1. The van der Waals surface area contributed by atoms with Gasteiger partial charge >= 0.3 is 0 Å². The normalized spacial score (nSPS) is 10.6. The molecule has 7 heteroatoms. The Balaban J connectivity index is 2.23. The van der Waals surface area contributed by atoms with Gasteiger partial charge in [0, 0.05) is 17.6 Å². The van der Waals surface area contributed by atoms with E-state index < -0.39 is 17.7 Å². The number of halogens is 3. The van der Waals surface area contributed by atoms with Crippen molar-refractivity contribution in [3.05, 3.63) is 50.9 Å². The largest absolute Gasteiger partial charge is 0.334 e. The molecule has 0 N–H and O–H groups in total. The summed E-state index contributed by atoms with van der Waals surface area (Å²) in [6.07, 6.45) is 1.07. The van der Waals surface area contributed by atoms with Gasteiger partial charge in [0.05, 0.1) is 16.4 Å². The van der Waals surface area contributed by atoms with E-state index in [0.29, 0.717) is 17.4 Å². The second kappa shape index (κ2) is 6.28. The van der Waals surface area contributed by atoms with Gasteiger partial charge in [-0.05, 0) is 25.1 Å². The van der Waals surface area contributed by atoms with Gasteiger partial charge in [0.25, 0.3) is 5.91 Å². The first kappa shape index (κ1) is 14.9. The van der Waals surface area contributed by atoms with E-state index in [2.05, 4.69) is 4.98 Å². The lowest BCUT2D eigenvalue weighted by Gasteiger charge is -2.20. The third-order valence-corrected chi connectivity index (χ3v) is 3.94. The predicted octanol–water partition coefficient (Wildman–Crippen LogP) is 3.74. The monoisotopic (exact) mass is 316 g/mol. The van der Waals surface area contributed by atoms with Crippen molar-refractivity contribution in [3.8, 4) is 0 Å². The molecule has 2 aromatic heterocycles. The highest BCUT2D eigenvalue weighted by molar-refractivity contribution is 7.16. The summed E-state index contributed by atoms with van der Waals surface area (Å²) in [5.74, 6) is -3.07. The van der Waals surface area contributed by atoms with Crippen molar-refractivity contribution in [1.29, 1.82) is 0 Å². The first-order valence-corrected chi connectivity index (χ1v) is 7.06. The molecule has 3 nitrogen and oxygen atoms in total. The van der Waals surface area contributed by atoms with Crippen LogP contribution in [0.5, 0.6) is 0 Å². The molecule has 0 unspecified atom stereocenters. The summed E-state index contributed by atoms with van der Waals surface area (Å²) in [5.41, 5.74) is -0.318. The third-order valence-electron chi connectivity index (χ3n) is 2.72. The van der Waals surface area contributed by atoms with Gasteiger partial charge in [-0.25, -0.2) is 9.37 Å². The SMILES string of the molecule is CCN(Cc1ccc(Cl)s1)C(=O)c1ccnc(F)c1F. The smallest absolute Gasteiger partial charge is 0.257 e. The molecule has 0 fully saturated rings. The molecule has 1 amide bonds. The molecule has 0 spiro atoms. The van der Waals surface area contributed by atoms with Crippen LogP contribution in [0.15, 0.2) is 24.4 Å². The summed E-state index contributed by atoms with van der Waals surface area (Å²) in [6, 6.07) is 4.70. The maximum absolute atomic E-state index is 13.6. The van der Waals surface area contributed by atoms with Crippen LogP contribution >= 0.6 is 22.9 Å². The lowest BCUT2D eigenvalue weighted by molar-refractivity contribution is 0.0748. The molecular formula is C13H11ClF2N2OS. The van der Waals surface area contributed by atoms with E-state index >= 15 is 0 Å². The summed E-state index contributed by atoms with van der Waals surface area (Å²) >= 11 is 7.17. The van der Waals surface area contributed by atoms with Gasteiger partial charge in [-0.3, -0.25) is 4.79 Å². The number of amides is 1. The molecule has 0 saturated heterocycles. The minimum atomic E-state index is -1.27. The number of nitrogens with zero attached hydrogens (tertiary/aromatic N) is 2. The van der Waals surface area contributed by atoms with E-state index in [1.807, 2.05) is 0 Å². The highest BCUT2D eigenvalue weighted by Gasteiger charge is 2.21. The number of carbonyl (C=O) groups is 1. The Hall–Kier alpha value is -1.53. The number of hydrogen-bond donors (Lipinski definition) is 0. The molecule has 0 bridgehead atoms. The van der Waals surface area contributed by atoms with Crippen molar-refractivity contribution in [2.75, 3.05) is 6.54 Å². The zero-order chi connectivity index (χ0) is 14.7. The van der Waals surface area contributed by atoms with E-state index in [1.54, 1.807) is 19.1 Å². The van der Waals surface area contributed by atoms with E-state index in [0.717, 1.165) is 11.1 Å². The standard InChI is InChI=1S/C13H11ClF2N2OS/c1-2-18(7-8-3-4-10(14)20-8)13(19)9-5-6-17-12(16)11(9)15/h3-6H,2,7H2,1H3. The van der Waals surface area contributed by atoms with Crippen LogP contribution in [0, 0.1) is 11.8 Å². The highest BCUT2D eigenvalue weighted by atomic mass is 35.5. The molecule has 106 valence electrons. The molecular weight excluding hydrogens is 306 g/mol. The van der Waals surface area contributed by atoms with Gasteiger partial charge in [-0.1, -0.05) is 11.6 Å². The summed E-state index contributed by atoms with van der Waals surface area (Å²) < 4.78 is 27.3. The Labute approximate surface area is 123 Å². The molecule has 0 saturated carbocycles. The van der Waals surface area contributed by atoms with Crippen LogP contribution in [0.4, 0.5) is 8.78 Å². The minimum absolute atomic E-state index is 0.302. The minimum Gasteiger partial charge on any atom is -0.334 e. The lowest BCUT2D eigenvalue weighted by Crippen LogP contribution is -2.31. The summed E-state index contributed by atoms with van der Waals surface area (Å²) in [7, 11) is 0. The fourth-order valence-electron chi connectivity index (χ4n) is 1.71. The van der Waals surface area contributed by atoms with Crippen molar-refractivity contribution in [2.45, 2.75) is 13.5 Å². The molecule has 0 radical (unpaired) electrons. The average molecular weight is 317 g/mol. The maximum Gasteiger partial charge on any atom is 0.257 e. The number of pyridine rings is 1. The molecule has 0 atom stereocenters. The van der Waals surface area contributed by atoms with Crippen LogP contribution in [0.25, 0.3) is 0 Å². The number of carbonyl (C=O) groups excluding carboxylic acids is 1. The second-order valence-electron chi connectivity index (χ2n) is 3.99. The van der Waals surface area contributed by atoms with Gasteiger partial charge in [0.15, 0.2) is 5.82 Å². The van der Waals surface area contributed by atoms with Crippen molar-refractivity contribution < 1.29 is 13.6 Å². The van der Waals surface area contributed by atoms with Gasteiger partial charge in [-0.15, -0.1) is 11.3 Å². The fraction of sp³-hybridized carbons (Fsp3) is 0.231. The number of thiophene rings is 1. The molecule has 0 aliphatic heterocycles. The van der Waals surface area contributed by atoms with Crippen LogP contribution in [0.1, 0.15) is 22.2 Å². The van der Waals surface area contributed by atoms with Gasteiger partial charge in [0.2, 0.25) is 5.95 Å². The topological polar surface area (TPSA) is 33.2 Å². The van der Waals surface area contributed by atoms with Crippen LogP contribution in [0.2, 0.25) is 4.34 Å². The van der Waals surface area contributed by atoms with Crippen molar-refractivity contribution in [2.24, 2.45) is 0 Å². The molecule has 2 rings (SSSR count). The Kier molecular flexibility index (Phi) is 4.67. The van der Waals surface area contributed by atoms with E-state index in [-0.39, 0.29) is 5.56 Å².